The highest BCUT2D eigenvalue weighted by Gasteiger charge is 1.97. The predicted octanol–water partition coefficient (Wildman–Crippen LogP) is -0.418. The van der Waals surface area contributed by atoms with Crippen LogP contribution in [0.1, 0.15) is 5.56 Å². The van der Waals surface area contributed by atoms with Crippen molar-refractivity contribution in [2.24, 2.45) is 21.7 Å². The number of hydrogen-bond acceptors (Lipinski definition) is 4. The Morgan fingerprint density at radius 1 is 1.36 bits per heavy atom. The van der Waals surface area contributed by atoms with Crippen LogP contribution in [-0.2, 0) is 0 Å². The largest absolute Gasteiger partial charge is 0.507 e. The van der Waals surface area contributed by atoms with Crippen LogP contribution in [0.25, 0.3) is 0 Å². The van der Waals surface area contributed by atoms with Gasteiger partial charge in [-0.3, -0.25) is 0 Å². The topological polar surface area (TPSA) is 123 Å². The Hall–Kier alpha value is -2.24. The molecule has 0 atom stereocenters. The van der Waals surface area contributed by atoms with Gasteiger partial charge in [-0.25, -0.2) is 0 Å². The zero-order valence-electron chi connectivity index (χ0n) is 7.38. The lowest BCUT2D eigenvalue weighted by molar-refractivity contribution is 0.474. The molecular weight excluding hydrogens is 182 g/mol. The number of anilines is 1. The second kappa shape index (κ2) is 4.13. The van der Waals surface area contributed by atoms with Crippen LogP contribution in [0.3, 0.4) is 0 Å². The first kappa shape index (κ1) is 9.85. The Balaban J connectivity index is 2.91. The van der Waals surface area contributed by atoms with Crippen LogP contribution in [0.15, 0.2) is 28.4 Å². The average Bonchev–Trinajstić information content (AvgIpc) is 2.10. The maximum absolute atomic E-state index is 9.34. The normalized spacial score (nSPS) is 10.3. The summed E-state index contributed by atoms with van der Waals surface area (Å²) in [5, 5.41) is 16.3. The van der Waals surface area contributed by atoms with E-state index >= 15 is 0 Å². The Bertz CT molecular complexity index is 381. The number of benzene rings is 1. The fourth-order valence-corrected chi connectivity index (χ4v) is 0.834. The fourth-order valence-electron chi connectivity index (χ4n) is 0.834. The highest BCUT2D eigenvalue weighted by atomic mass is 16.3. The number of phenols is 1. The second-order valence-corrected chi connectivity index (χ2v) is 2.59. The van der Waals surface area contributed by atoms with Crippen molar-refractivity contribution in [2.45, 2.75) is 0 Å². The Morgan fingerprint density at radius 3 is 2.71 bits per heavy atom. The SMILES string of the molecule is NC(N)=NN=Cc1cc(N)ccc1O. The molecule has 74 valence electrons. The first-order valence-corrected chi connectivity index (χ1v) is 3.80. The van der Waals surface area contributed by atoms with Gasteiger partial charge in [0.05, 0.1) is 6.21 Å². The van der Waals surface area contributed by atoms with E-state index in [0.29, 0.717) is 11.3 Å². The Morgan fingerprint density at radius 2 is 2.07 bits per heavy atom. The molecule has 7 N–H and O–H groups in total. The first-order valence-electron chi connectivity index (χ1n) is 3.80. The van der Waals surface area contributed by atoms with Gasteiger partial charge in [0.1, 0.15) is 5.75 Å². The fraction of sp³-hybridized carbons (Fsp3) is 0. The molecule has 0 aliphatic carbocycles. The minimum Gasteiger partial charge on any atom is -0.507 e. The quantitative estimate of drug-likeness (QED) is 0.167. The van der Waals surface area contributed by atoms with Crippen LogP contribution >= 0.6 is 0 Å². The molecule has 0 saturated heterocycles. The van der Waals surface area contributed by atoms with Crippen molar-refractivity contribution in [3.05, 3.63) is 23.8 Å². The van der Waals surface area contributed by atoms with Gasteiger partial charge in [0.25, 0.3) is 0 Å². The maximum Gasteiger partial charge on any atom is 0.211 e. The molecule has 0 heterocycles. The number of guanidine groups is 1. The maximum atomic E-state index is 9.34. The van der Waals surface area contributed by atoms with Gasteiger partial charge < -0.3 is 22.3 Å². The molecule has 0 spiro atoms. The van der Waals surface area contributed by atoms with Crippen molar-refractivity contribution in [3.8, 4) is 5.75 Å². The predicted molar refractivity (Wildman–Crippen MR) is 55.9 cm³/mol. The van der Waals surface area contributed by atoms with Gasteiger partial charge in [-0.1, -0.05) is 0 Å². The summed E-state index contributed by atoms with van der Waals surface area (Å²) in [6, 6.07) is 4.60. The van der Waals surface area contributed by atoms with Crippen molar-refractivity contribution in [1.29, 1.82) is 0 Å². The van der Waals surface area contributed by atoms with E-state index in [9.17, 15) is 5.11 Å². The van der Waals surface area contributed by atoms with Gasteiger partial charge in [-0.05, 0) is 18.2 Å². The number of aromatic hydroxyl groups is 1. The number of hydrogen-bond donors (Lipinski definition) is 4. The zero-order chi connectivity index (χ0) is 10.6. The van der Waals surface area contributed by atoms with Gasteiger partial charge in [0, 0.05) is 11.3 Å². The molecule has 0 amide bonds. The third kappa shape index (κ3) is 2.67. The van der Waals surface area contributed by atoms with Gasteiger partial charge in [-0.2, -0.15) is 5.10 Å². The van der Waals surface area contributed by atoms with Gasteiger partial charge in [0.2, 0.25) is 5.96 Å². The highest BCUT2D eigenvalue weighted by Crippen LogP contribution is 2.17. The van der Waals surface area contributed by atoms with E-state index in [1.54, 1.807) is 12.1 Å². The van der Waals surface area contributed by atoms with Crippen LogP contribution in [0, 0.1) is 0 Å². The summed E-state index contributed by atoms with van der Waals surface area (Å²) in [5.41, 5.74) is 16.6. The third-order valence-corrected chi connectivity index (χ3v) is 1.42. The molecular formula is C8H11N5O. The molecule has 0 aliphatic rings. The molecule has 0 fully saturated rings. The smallest absolute Gasteiger partial charge is 0.211 e. The minimum absolute atomic E-state index is 0.0637. The van der Waals surface area contributed by atoms with Gasteiger partial charge in [-0.15, -0.1) is 5.10 Å². The summed E-state index contributed by atoms with van der Waals surface area (Å²) in [6.07, 6.45) is 1.31. The first-order chi connectivity index (χ1) is 6.59. The minimum atomic E-state index is -0.148. The number of nitrogens with two attached hydrogens (primary N) is 3. The van der Waals surface area contributed by atoms with Crippen molar-refractivity contribution in [2.75, 3.05) is 5.73 Å². The lowest BCUT2D eigenvalue weighted by Crippen LogP contribution is -2.21. The lowest BCUT2D eigenvalue weighted by atomic mass is 10.2. The molecule has 1 aromatic rings. The number of nitrogen functional groups attached to an aromatic ring is 1. The summed E-state index contributed by atoms with van der Waals surface area (Å²) in [7, 11) is 0. The third-order valence-electron chi connectivity index (χ3n) is 1.42. The van der Waals surface area contributed by atoms with E-state index in [0.717, 1.165) is 0 Å². The van der Waals surface area contributed by atoms with Crippen LogP contribution in [0.4, 0.5) is 5.69 Å². The molecule has 1 rings (SSSR count). The number of nitrogens with zero attached hydrogens (tertiary/aromatic N) is 2. The molecule has 0 unspecified atom stereocenters. The van der Waals surface area contributed by atoms with Gasteiger partial charge >= 0.3 is 0 Å². The van der Waals surface area contributed by atoms with Crippen molar-refractivity contribution < 1.29 is 5.11 Å². The summed E-state index contributed by atoms with van der Waals surface area (Å²) < 4.78 is 0. The molecule has 0 aliphatic heterocycles. The molecule has 1 aromatic carbocycles. The number of phenolic OH excluding ortho intramolecular Hbond substituents is 1. The van der Waals surface area contributed by atoms with Crippen molar-refractivity contribution in [3.63, 3.8) is 0 Å². The number of rotatable bonds is 2. The van der Waals surface area contributed by atoms with E-state index in [1.165, 1.54) is 12.3 Å². The molecule has 6 nitrogen and oxygen atoms in total. The molecule has 0 saturated carbocycles. The van der Waals surface area contributed by atoms with E-state index in [1.807, 2.05) is 0 Å². The van der Waals surface area contributed by atoms with Crippen LogP contribution in [0.2, 0.25) is 0 Å². The van der Waals surface area contributed by atoms with Crippen molar-refractivity contribution >= 4 is 17.9 Å². The zero-order valence-corrected chi connectivity index (χ0v) is 7.38. The van der Waals surface area contributed by atoms with E-state index in [4.69, 9.17) is 17.2 Å². The summed E-state index contributed by atoms with van der Waals surface area (Å²) in [4.78, 5) is 0. The summed E-state index contributed by atoms with van der Waals surface area (Å²) >= 11 is 0. The van der Waals surface area contributed by atoms with E-state index in [-0.39, 0.29) is 11.7 Å². The summed E-state index contributed by atoms with van der Waals surface area (Å²) in [6.45, 7) is 0. The van der Waals surface area contributed by atoms with E-state index in [2.05, 4.69) is 10.2 Å². The molecule has 6 heteroatoms. The van der Waals surface area contributed by atoms with Crippen LogP contribution in [-0.4, -0.2) is 17.3 Å². The molecule has 0 aromatic heterocycles. The monoisotopic (exact) mass is 193 g/mol. The Labute approximate surface area is 80.7 Å². The second-order valence-electron chi connectivity index (χ2n) is 2.59. The van der Waals surface area contributed by atoms with Gasteiger partial charge in [0.15, 0.2) is 0 Å². The lowest BCUT2D eigenvalue weighted by Gasteiger charge is -1.98. The molecule has 0 radical (unpaired) electrons. The van der Waals surface area contributed by atoms with E-state index < -0.39 is 0 Å². The molecule has 14 heavy (non-hydrogen) atoms. The summed E-state index contributed by atoms with van der Waals surface area (Å²) in [5.74, 6) is -0.0848. The Kier molecular flexibility index (Phi) is 2.90. The van der Waals surface area contributed by atoms with Crippen LogP contribution in [0.5, 0.6) is 5.75 Å². The highest BCUT2D eigenvalue weighted by molar-refractivity contribution is 5.85. The van der Waals surface area contributed by atoms with Crippen LogP contribution < -0.4 is 17.2 Å². The standard InChI is InChI=1S/C8H11N5O/c9-6-1-2-7(14)5(3-6)4-12-13-8(10)11/h1-4,14H,9H2,(H4,10,11,13). The van der Waals surface area contributed by atoms with Crippen molar-refractivity contribution in [1.82, 2.24) is 0 Å². The average molecular weight is 193 g/mol. The molecule has 0 bridgehead atoms.